The number of carbonyl (C=O) groups excluding carboxylic acids is 1. The Morgan fingerprint density at radius 2 is 1.81 bits per heavy atom. The summed E-state index contributed by atoms with van der Waals surface area (Å²) in [7, 11) is 2.85. The van der Waals surface area contributed by atoms with E-state index in [2.05, 4.69) is 10.3 Å². The van der Waals surface area contributed by atoms with Crippen LogP contribution in [-0.4, -0.2) is 31.1 Å². The molecular weight excluding hydrogens is 377 g/mol. The number of imidazole rings is 1. The average Bonchev–Trinajstić information content (AvgIpc) is 2.96. The molecule has 0 spiro atoms. The molecule has 3 aromatic rings. The highest BCUT2D eigenvalue weighted by molar-refractivity contribution is 6.29. The van der Waals surface area contributed by atoms with Crippen LogP contribution in [0.25, 0.3) is 11.2 Å². The van der Waals surface area contributed by atoms with Crippen molar-refractivity contribution in [3.8, 4) is 0 Å². The Hall–Kier alpha value is -2.94. The summed E-state index contributed by atoms with van der Waals surface area (Å²) in [6.07, 6.45) is 0. The van der Waals surface area contributed by atoms with Crippen molar-refractivity contribution >= 4 is 28.7 Å². The zero-order valence-electron chi connectivity index (χ0n) is 15.1. The maximum absolute atomic E-state index is 12.2. The zero-order chi connectivity index (χ0) is 20.1. The first-order valence-electron chi connectivity index (χ1n) is 8.06. The minimum Gasteiger partial charge on any atom is -0.355 e. The highest BCUT2D eigenvalue weighted by atomic mass is 35.5. The standard InChI is InChI=1S/C11H14ClN5O3.C6H5F/c1-4-13-6(18)5-17-7-8(14-10(17)12)15(2)11(20)16(3)9(7)19;7-6-4-2-1-3-5-6/h4-5H2,1-3H3,(H,13,18);1-5H. The van der Waals surface area contributed by atoms with Crippen molar-refractivity contribution in [2.45, 2.75) is 13.5 Å². The van der Waals surface area contributed by atoms with Crippen LogP contribution in [0.3, 0.4) is 0 Å². The van der Waals surface area contributed by atoms with E-state index in [0.717, 1.165) is 4.57 Å². The molecule has 0 fully saturated rings. The molecule has 2 aromatic heterocycles. The molecule has 0 unspecified atom stereocenters. The highest BCUT2D eigenvalue weighted by Crippen LogP contribution is 2.15. The number of nitrogens with one attached hydrogen (secondary N) is 1. The largest absolute Gasteiger partial charge is 0.355 e. The Bertz CT molecular complexity index is 1070. The lowest BCUT2D eigenvalue weighted by Gasteiger charge is -2.07. The van der Waals surface area contributed by atoms with Crippen molar-refractivity contribution in [3.05, 3.63) is 62.3 Å². The second-order valence-corrected chi connectivity index (χ2v) is 5.93. The molecular formula is C17H19ClFN5O3. The monoisotopic (exact) mass is 395 g/mol. The van der Waals surface area contributed by atoms with Crippen LogP contribution < -0.4 is 16.6 Å². The van der Waals surface area contributed by atoms with Gasteiger partial charge in [-0.3, -0.25) is 23.3 Å². The van der Waals surface area contributed by atoms with Gasteiger partial charge in [-0.1, -0.05) is 18.2 Å². The molecule has 144 valence electrons. The van der Waals surface area contributed by atoms with Crippen LogP contribution in [0, 0.1) is 5.82 Å². The molecule has 27 heavy (non-hydrogen) atoms. The van der Waals surface area contributed by atoms with Gasteiger partial charge in [0.25, 0.3) is 5.56 Å². The molecule has 2 heterocycles. The van der Waals surface area contributed by atoms with Gasteiger partial charge in [0.05, 0.1) is 0 Å². The van der Waals surface area contributed by atoms with Gasteiger partial charge in [-0.2, -0.15) is 4.98 Å². The molecule has 0 saturated carbocycles. The van der Waals surface area contributed by atoms with Gasteiger partial charge in [-0.15, -0.1) is 0 Å². The molecule has 0 radical (unpaired) electrons. The van der Waals surface area contributed by atoms with E-state index in [0.29, 0.717) is 6.54 Å². The van der Waals surface area contributed by atoms with E-state index in [9.17, 15) is 18.8 Å². The normalized spacial score (nSPS) is 10.4. The van der Waals surface area contributed by atoms with Gasteiger partial charge in [0.1, 0.15) is 12.4 Å². The number of fused-ring (bicyclic) bond motifs is 1. The summed E-state index contributed by atoms with van der Waals surface area (Å²) in [5.41, 5.74) is -0.744. The molecule has 1 N–H and O–H groups in total. The van der Waals surface area contributed by atoms with Gasteiger partial charge in [0.15, 0.2) is 11.2 Å². The maximum Gasteiger partial charge on any atom is 0.332 e. The van der Waals surface area contributed by atoms with Crippen molar-refractivity contribution in [1.29, 1.82) is 0 Å². The average molecular weight is 396 g/mol. The number of hydrogen-bond donors (Lipinski definition) is 1. The predicted octanol–water partition coefficient (Wildman–Crippen LogP) is 1.05. The number of rotatable bonds is 3. The zero-order valence-corrected chi connectivity index (χ0v) is 15.8. The number of hydrogen-bond acceptors (Lipinski definition) is 4. The first-order valence-corrected chi connectivity index (χ1v) is 8.44. The van der Waals surface area contributed by atoms with Crippen LogP contribution in [0.5, 0.6) is 0 Å². The Kier molecular flexibility index (Phi) is 6.51. The fourth-order valence-electron chi connectivity index (χ4n) is 2.38. The molecule has 0 aliphatic heterocycles. The number of halogens is 2. The molecule has 3 rings (SSSR count). The Morgan fingerprint density at radius 3 is 2.33 bits per heavy atom. The van der Waals surface area contributed by atoms with Gasteiger partial charge < -0.3 is 5.32 Å². The molecule has 0 aliphatic carbocycles. The number of amides is 1. The lowest BCUT2D eigenvalue weighted by Crippen LogP contribution is -2.38. The SMILES string of the molecule is CCNC(=O)Cn1c(Cl)nc2c1c(=O)n(C)c(=O)n2C.Fc1ccccc1. The van der Waals surface area contributed by atoms with Crippen molar-refractivity contribution in [3.63, 3.8) is 0 Å². The smallest absolute Gasteiger partial charge is 0.332 e. The molecule has 0 atom stereocenters. The van der Waals surface area contributed by atoms with Crippen molar-refractivity contribution in [2.75, 3.05) is 6.54 Å². The van der Waals surface area contributed by atoms with Crippen LogP contribution in [0.4, 0.5) is 4.39 Å². The van der Waals surface area contributed by atoms with Crippen molar-refractivity contribution in [2.24, 2.45) is 14.1 Å². The van der Waals surface area contributed by atoms with Gasteiger partial charge in [-0.25, -0.2) is 9.18 Å². The van der Waals surface area contributed by atoms with E-state index >= 15 is 0 Å². The third kappa shape index (κ3) is 4.43. The highest BCUT2D eigenvalue weighted by Gasteiger charge is 2.19. The number of aryl methyl sites for hydroxylation is 1. The van der Waals surface area contributed by atoms with Gasteiger partial charge >= 0.3 is 5.69 Å². The molecule has 1 amide bonds. The minimum atomic E-state index is -0.535. The number of nitrogens with zero attached hydrogens (tertiary/aromatic N) is 4. The third-order valence-corrected chi connectivity index (χ3v) is 4.00. The van der Waals surface area contributed by atoms with E-state index in [1.807, 2.05) is 0 Å². The topological polar surface area (TPSA) is 90.9 Å². The van der Waals surface area contributed by atoms with Gasteiger partial charge in [0, 0.05) is 20.6 Å². The van der Waals surface area contributed by atoms with E-state index < -0.39 is 11.2 Å². The molecule has 0 saturated heterocycles. The van der Waals surface area contributed by atoms with E-state index in [-0.39, 0.29) is 34.7 Å². The van der Waals surface area contributed by atoms with E-state index in [1.54, 1.807) is 25.1 Å². The molecule has 8 nitrogen and oxygen atoms in total. The molecule has 10 heteroatoms. The fraction of sp³-hybridized carbons (Fsp3) is 0.294. The summed E-state index contributed by atoms with van der Waals surface area (Å²) in [5.74, 6) is -0.466. The summed E-state index contributed by atoms with van der Waals surface area (Å²) < 4.78 is 15.4. The van der Waals surface area contributed by atoms with Crippen LogP contribution in [0.1, 0.15) is 6.92 Å². The lowest BCUT2D eigenvalue weighted by atomic mass is 10.4. The summed E-state index contributed by atoms with van der Waals surface area (Å²) in [6, 6.07) is 7.94. The van der Waals surface area contributed by atoms with E-state index in [4.69, 9.17) is 11.6 Å². The van der Waals surface area contributed by atoms with Crippen molar-refractivity contribution < 1.29 is 9.18 Å². The third-order valence-electron chi connectivity index (χ3n) is 3.71. The van der Waals surface area contributed by atoms with Crippen LogP contribution in [-0.2, 0) is 25.4 Å². The number of benzene rings is 1. The second-order valence-electron chi connectivity index (χ2n) is 5.59. The minimum absolute atomic E-state index is 0.00967. The van der Waals surface area contributed by atoms with Crippen molar-refractivity contribution in [1.82, 2.24) is 24.0 Å². The fourth-order valence-corrected chi connectivity index (χ4v) is 2.60. The summed E-state index contributed by atoms with van der Waals surface area (Å²) in [6.45, 7) is 2.13. The molecule has 0 bridgehead atoms. The number of likely N-dealkylation sites (N-methyl/N-ethyl adjacent to an activating group) is 1. The number of carbonyl (C=O) groups is 1. The van der Waals surface area contributed by atoms with Crippen LogP contribution in [0.2, 0.25) is 5.28 Å². The quantitative estimate of drug-likeness (QED) is 0.671. The molecule has 0 aliphatic rings. The number of aromatic nitrogens is 4. The van der Waals surface area contributed by atoms with Gasteiger partial charge in [0.2, 0.25) is 11.2 Å². The Balaban J connectivity index is 0.000000313. The van der Waals surface area contributed by atoms with Gasteiger partial charge in [-0.05, 0) is 30.7 Å². The predicted molar refractivity (Wildman–Crippen MR) is 100 cm³/mol. The van der Waals surface area contributed by atoms with Crippen LogP contribution in [0.15, 0.2) is 39.9 Å². The summed E-state index contributed by atoms with van der Waals surface area (Å²) >= 11 is 5.97. The summed E-state index contributed by atoms with van der Waals surface area (Å²) in [5, 5.41) is 2.60. The second kappa shape index (κ2) is 8.63. The summed E-state index contributed by atoms with van der Waals surface area (Å²) in [4.78, 5) is 39.6. The van der Waals surface area contributed by atoms with Crippen LogP contribution >= 0.6 is 11.6 Å². The lowest BCUT2D eigenvalue weighted by molar-refractivity contribution is -0.121. The Labute approximate surface area is 158 Å². The first kappa shape index (κ1) is 20.4. The molecule has 1 aromatic carbocycles. The maximum atomic E-state index is 12.2. The Morgan fingerprint density at radius 1 is 1.19 bits per heavy atom. The van der Waals surface area contributed by atoms with E-state index in [1.165, 1.54) is 35.4 Å². The first-order chi connectivity index (χ1) is 12.8.